The van der Waals surface area contributed by atoms with Crippen LogP contribution in [0.4, 0.5) is 10.7 Å². The zero-order chi connectivity index (χ0) is 19.7. The summed E-state index contributed by atoms with van der Waals surface area (Å²) in [7, 11) is 0. The zero-order valence-corrected chi connectivity index (χ0v) is 16.7. The molecule has 0 fully saturated rings. The first-order chi connectivity index (χ1) is 13.5. The molecule has 2 amide bonds. The molecule has 4 rings (SSSR count). The molecule has 0 radical (unpaired) electrons. The molecule has 0 spiro atoms. The Kier molecular flexibility index (Phi) is 5.05. The van der Waals surface area contributed by atoms with E-state index in [0.29, 0.717) is 16.5 Å². The Morgan fingerprint density at radius 2 is 1.93 bits per heavy atom. The number of anilines is 2. The van der Waals surface area contributed by atoms with E-state index in [1.165, 1.54) is 22.5 Å². The van der Waals surface area contributed by atoms with E-state index in [0.717, 1.165) is 36.1 Å². The molecule has 0 saturated carbocycles. The van der Waals surface area contributed by atoms with Crippen molar-refractivity contribution in [3.63, 3.8) is 0 Å². The molecule has 3 aromatic rings. The van der Waals surface area contributed by atoms with E-state index in [-0.39, 0.29) is 17.6 Å². The Labute approximate surface area is 167 Å². The minimum absolute atomic E-state index is 0.184. The Morgan fingerprint density at radius 1 is 1.11 bits per heavy atom. The van der Waals surface area contributed by atoms with Crippen molar-refractivity contribution < 1.29 is 14.0 Å². The summed E-state index contributed by atoms with van der Waals surface area (Å²) in [5.74, 6) is 0.273. The van der Waals surface area contributed by atoms with Crippen LogP contribution >= 0.6 is 11.3 Å². The standard InChI is InChI=1S/C22H22N2O3S/c1-13-9-10-15-18(12-13)28-22(24-20(25)17-8-5-11-27-17)19(15)21(26)23-16-7-4-3-6-14(16)2/h3-8,11,13H,9-10,12H2,1-2H3,(H,23,26)(H,24,25)/t13-/m0/s1. The smallest absolute Gasteiger partial charge is 0.291 e. The number of benzene rings is 1. The van der Waals surface area contributed by atoms with Gasteiger partial charge in [-0.25, -0.2) is 0 Å². The molecule has 5 nitrogen and oxygen atoms in total. The molecule has 0 bridgehead atoms. The minimum Gasteiger partial charge on any atom is -0.459 e. The van der Waals surface area contributed by atoms with Crippen LogP contribution in [0.3, 0.4) is 0 Å². The number of hydrogen-bond donors (Lipinski definition) is 2. The Morgan fingerprint density at radius 3 is 2.68 bits per heavy atom. The Bertz CT molecular complexity index is 1020. The van der Waals surface area contributed by atoms with Gasteiger partial charge in [-0.3, -0.25) is 9.59 Å². The first-order valence-electron chi connectivity index (χ1n) is 9.39. The van der Waals surface area contributed by atoms with E-state index in [4.69, 9.17) is 4.42 Å². The maximum Gasteiger partial charge on any atom is 0.291 e. The van der Waals surface area contributed by atoms with Gasteiger partial charge in [-0.05, 0) is 61.4 Å². The number of carbonyl (C=O) groups excluding carboxylic acids is 2. The second-order valence-electron chi connectivity index (χ2n) is 7.26. The summed E-state index contributed by atoms with van der Waals surface area (Å²) in [5.41, 5.74) is 3.41. The average Bonchev–Trinajstić information content (AvgIpc) is 3.31. The zero-order valence-electron chi connectivity index (χ0n) is 15.9. The number of para-hydroxylation sites is 1. The third kappa shape index (κ3) is 3.60. The van der Waals surface area contributed by atoms with Gasteiger partial charge in [-0.2, -0.15) is 0 Å². The van der Waals surface area contributed by atoms with Crippen molar-refractivity contribution in [1.29, 1.82) is 0 Å². The van der Waals surface area contributed by atoms with Crippen molar-refractivity contribution in [1.82, 2.24) is 0 Å². The molecule has 1 aromatic carbocycles. The van der Waals surface area contributed by atoms with Gasteiger partial charge in [-0.15, -0.1) is 11.3 Å². The highest BCUT2D eigenvalue weighted by Gasteiger charge is 2.29. The Hall–Kier alpha value is -2.86. The van der Waals surface area contributed by atoms with Gasteiger partial charge in [-0.1, -0.05) is 25.1 Å². The number of rotatable bonds is 4. The summed E-state index contributed by atoms with van der Waals surface area (Å²) in [5, 5.41) is 6.50. The lowest BCUT2D eigenvalue weighted by molar-refractivity contribution is 0.0997. The molecule has 6 heteroatoms. The van der Waals surface area contributed by atoms with Crippen molar-refractivity contribution in [2.45, 2.75) is 33.1 Å². The van der Waals surface area contributed by atoms with E-state index >= 15 is 0 Å². The summed E-state index contributed by atoms with van der Waals surface area (Å²) in [6, 6.07) is 11.0. The molecular formula is C22H22N2O3S. The maximum atomic E-state index is 13.2. The molecule has 144 valence electrons. The molecular weight excluding hydrogens is 372 g/mol. The highest BCUT2D eigenvalue weighted by atomic mass is 32.1. The van der Waals surface area contributed by atoms with Gasteiger partial charge in [0, 0.05) is 10.6 Å². The van der Waals surface area contributed by atoms with Crippen molar-refractivity contribution in [2.24, 2.45) is 5.92 Å². The number of thiophene rings is 1. The van der Waals surface area contributed by atoms with Gasteiger partial charge >= 0.3 is 0 Å². The number of hydrogen-bond acceptors (Lipinski definition) is 4. The molecule has 0 saturated heterocycles. The Balaban J connectivity index is 1.69. The first kappa shape index (κ1) is 18.5. The molecule has 2 aromatic heterocycles. The van der Waals surface area contributed by atoms with Crippen LogP contribution in [0.25, 0.3) is 0 Å². The summed E-state index contributed by atoms with van der Waals surface area (Å²) in [6.07, 6.45) is 4.28. The third-order valence-electron chi connectivity index (χ3n) is 5.10. The van der Waals surface area contributed by atoms with E-state index in [2.05, 4.69) is 17.6 Å². The van der Waals surface area contributed by atoms with E-state index in [9.17, 15) is 9.59 Å². The fourth-order valence-corrected chi connectivity index (χ4v) is 4.95. The van der Waals surface area contributed by atoms with Crippen LogP contribution in [0.5, 0.6) is 0 Å². The molecule has 2 heterocycles. The van der Waals surface area contributed by atoms with Crippen molar-refractivity contribution in [2.75, 3.05) is 10.6 Å². The fraction of sp³-hybridized carbons (Fsp3) is 0.273. The summed E-state index contributed by atoms with van der Waals surface area (Å²) in [4.78, 5) is 26.9. The lowest BCUT2D eigenvalue weighted by Gasteiger charge is -2.19. The molecule has 1 aliphatic rings. The quantitative estimate of drug-likeness (QED) is 0.632. The van der Waals surface area contributed by atoms with Gasteiger partial charge in [0.15, 0.2) is 5.76 Å². The van der Waals surface area contributed by atoms with Gasteiger partial charge < -0.3 is 15.1 Å². The second kappa shape index (κ2) is 7.64. The van der Waals surface area contributed by atoms with Crippen molar-refractivity contribution in [3.8, 4) is 0 Å². The average molecular weight is 394 g/mol. The van der Waals surface area contributed by atoms with E-state index in [1.54, 1.807) is 12.1 Å². The number of fused-ring (bicyclic) bond motifs is 1. The monoisotopic (exact) mass is 394 g/mol. The molecule has 0 unspecified atom stereocenters. The van der Waals surface area contributed by atoms with Crippen LogP contribution in [0, 0.1) is 12.8 Å². The molecule has 2 N–H and O–H groups in total. The number of amides is 2. The highest BCUT2D eigenvalue weighted by molar-refractivity contribution is 7.17. The van der Waals surface area contributed by atoms with Crippen LogP contribution < -0.4 is 10.6 Å². The van der Waals surface area contributed by atoms with Crippen LogP contribution in [0.15, 0.2) is 47.1 Å². The van der Waals surface area contributed by atoms with Gasteiger partial charge in [0.2, 0.25) is 0 Å². The summed E-state index contributed by atoms with van der Waals surface area (Å²) in [6.45, 7) is 4.18. The fourth-order valence-electron chi connectivity index (χ4n) is 3.55. The predicted octanol–water partition coefficient (Wildman–Crippen LogP) is 5.28. The molecule has 0 aliphatic heterocycles. The predicted molar refractivity (Wildman–Crippen MR) is 111 cm³/mol. The minimum atomic E-state index is -0.346. The largest absolute Gasteiger partial charge is 0.459 e. The number of carbonyl (C=O) groups is 2. The van der Waals surface area contributed by atoms with Crippen molar-refractivity contribution >= 4 is 33.8 Å². The number of furan rings is 1. The summed E-state index contributed by atoms with van der Waals surface area (Å²) >= 11 is 1.50. The van der Waals surface area contributed by atoms with Gasteiger partial charge in [0.25, 0.3) is 11.8 Å². The molecule has 1 atom stereocenters. The highest BCUT2D eigenvalue weighted by Crippen LogP contribution is 2.40. The number of nitrogens with one attached hydrogen (secondary N) is 2. The topological polar surface area (TPSA) is 71.3 Å². The maximum absolute atomic E-state index is 13.2. The van der Waals surface area contributed by atoms with Gasteiger partial charge in [0.05, 0.1) is 11.8 Å². The van der Waals surface area contributed by atoms with Crippen LogP contribution in [-0.4, -0.2) is 11.8 Å². The summed E-state index contributed by atoms with van der Waals surface area (Å²) < 4.78 is 5.19. The van der Waals surface area contributed by atoms with Crippen LogP contribution in [0.2, 0.25) is 0 Å². The third-order valence-corrected chi connectivity index (χ3v) is 6.27. The SMILES string of the molecule is Cc1ccccc1NC(=O)c1c(NC(=O)c2ccco2)sc2c1CC[C@H](C)C2. The second-order valence-corrected chi connectivity index (χ2v) is 8.36. The van der Waals surface area contributed by atoms with Crippen LogP contribution in [0.1, 0.15) is 50.3 Å². The molecule has 28 heavy (non-hydrogen) atoms. The lowest BCUT2D eigenvalue weighted by Crippen LogP contribution is -2.19. The van der Waals surface area contributed by atoms with E-state index < -0.39 is 0 Å². The lowest BCUT2D eigenvalue weighted by atomic mass is 9.88. The van der Waals surface area contributed by atoms with Crippen LogP contribution in [-0.2, 0) is 12.8 Å². The normalized spacial score (nSPS) is 15.7. The molecule has 1 aliphatic carbocycles. The van der Waals surface area contributed by atoms with Gasteiger partial charge in [0.1, 0.15) is 5.00 Å². The number of aryl methyl sites for hydroxylation is 1. The van der Waals surface area contributed by atoms with Crippen molar-refractivity contribution in [3.05, 3.63) is 70.0 Å². The van der Waals surface area contributed by atoms with E-state index in [1.807, 2.05) is 31.2 Å². The first-order valence-corrected chi connectivity index (χ1v) is 10.2.